The fourth-order valence-electron chi connectivity index (χ4n) is 4.64. The molecule has 3 atom stereocenters. The molecule has 0 amide bonds. The third-order valence-electron chi connectivity index (χ3n) is 6.23. The van der Waals surface area contributed by atoms with Gasteiger partial charge in [-0.1, -0.05) is 38.6 Å². The van der Waals surface area contributed by atoms with Crippen LogP contribution in [0.25, 0.3) is 0 Å². The lowest BCUT2D eigenvalue weighted by molar-refractivity contribution is -0.140. The topological polar surface area (TPSA) is 23.5 Å². The zero-order valence-electron chi connectivity index (χ0n) is 18.6. The first-order valence-electron chi connectivity index (χ1n) is 11.1. The Hall–Kier alpha value is -1.70. The van der Waals surface area contributed by atoms with Crippen LogP contribution in [0.1, 0.15) is 69.4 Å². The second-order valence-electron chi connectivity index (χ2n) is 9.33. The first-order chi connectivity index (χ1) is 14.8. The summed E-state index contributed by atoms with van der Waals surface area (Å²) in [5, 5.41) is 9.63. The molecule has 0 heterocycles. The zero-order chi connectivity index (χ0) is 24.1. The maximum atomic E-state index is 13.3. The minimum atomic E-state index is -4.49. The fraction of sp³-hybridized carbons (Fsp3) is 0.667. The maximum Gasteiger partial charge on any atom is 0.416 e. The molecule has 1 saturated carbocycles. The Morgan fingerprint density at radius 3 is 2.38 bits per heavy atom. The molecule has 0 unspecified atom stereocenters. The Labute approximate surface area is 186 Å². The lowest BCUT2D eigenvalue weighted by atomic mass is 9.72. The summed E-state index contributed by atoms with van der Waals surface area (Å²) in [7, 11) is 0. The highest BCUT2D eigenvalue weighted by Gasteiger charge is 2.38. The Kier molecular flexibility index (Phi) is 9.08. The molecule has 0 bridgehead atoms. The summed E-state index contributed by atoms with van der Waals surface area (Å²) in [5.41, 5.74) is -0.272. The van der Waals surface area contributed by atoms with Crippen LogP contribution in [-0.4, -0.2) is 35.3 Å². The molecule has 1 aliphatic carbocycles. The molecule has 1 aromatic carbocycles. The predicted molar refractivity (Wildman–Crippen MR) is 113 cm³/mol. The smallest absolute Gasteiger partial charge is 0.416 e. The van der Waals surface area contributed by atoms with Crippen LogP contribution >= 0.6 is 0 Å². The van der Waals surface area contributed by atoms with Gasteiger partial charge in [-0.25, -0.2) is 0 Å². The summed E-state index contributed by atoms with van der Waals surface area (Å²) in [5.74, 6) is -0.0110. The van der Waals surface area contributed by atoms with Crippen LogP contribution in [0.3, 0.4) is 0 Å². The van der Waals surface area contributed by atoms with Gasteiger partial charge in [0.2, 0.25) is 0 Å². The van der Waals surface area contributed by atoms with Gasteiger partial charge in [-0.15, -0.1) is 0 Å². The third kappa shape index (κ3) is 8.34. The van der Waals surface area contributed by atoms with Gasteiger partial charge in [0.15, 0.2) is 0 Å². The SMILES string of the molecule is C=C(O)C[C@@H]1CC[C@@H](N(CCC(C)C)CCC(F)(F)F)[C@H](c2cccc(C(F)(F)F)c2)C1. The number of hydrogen-bond acceptors (Lipinski definition) is 2. The van der Waals surface area contributed by atoms with Crippen molar-refractivity contribution in [2.24, 2.45) is 11.8 Å². The highest BCUT2D eigenvalue weighted by molar-refractivity contribution is 5.30. The molecule has 2 rings (SSSR count). The van der Waals surface area contributed by atoms with Crippen molar-refractivity contribution in [1.29, 1.82) is 0 Å². The molecule has 1 aliphatic rings. The number of rotatable bonds is 9. The summed E-state index contributed by atoms with van der Waals surface area (Å²) in [4.78, 5) is 1.82. The van der Waals surface area contributed by atoms with E-state index in [1.54, 1.807) is 6.07 Å². The number of benzene rings is 1. The summed E-state index contributed by atoms with van der Waals surface area (Å²) < 4.78 is 79.0. The molecule has 182 valence electrons. The van der Waals surface area contributed by atoms with Gasteiger partial charge in [0.25, 0.3) is 0 Å². The molecular weight excluding hydrogens is 432 g/mol. The standard InChI is InChI=1S/C24H33F6NO/c1-16(2)9-11-31(12-10-23(25,26)27)22-8-7-18(13-17(3)32)14-21(22)19-5-4-6-20(15-19)24(28,29)30/h4-6,15-16,18,21-22,32H,3,7-14H2,1-2H3/t18-,21-,22+/m0/s1. The van der Waals surface area contributed by atoms with Crippen molar-refractivity contribution in [2.45, 2.75) is 76.7 Å². The number of halogens is 6. The number of hydrogen-bond donors (Lipinski definition) is 1. The van der Waals surface area contributed by atoms with Crippen LogP contribution in [0.4, 0.5) is 26.3 Å². The number of nitrogens with zero attached hydrogens (tertiary/aromatic N) is 1. The van der Waals surface area contributed by atoms with E-state index < -0.39 is 24.3 Å². The fourth-order valence-corrected chi connectivity index (χ4v) is 4.64. The van der Waals surface area contributed by atoms with E-state index in [1.807, 2.05) is 18.7 Å². The van der Waals surface area contributed by atoms with E-state index >= 15 is 0 Å². The second-order valence-corrected chi connectivity index (χ2v) is 9.33. The third-order valence-corrected chi connectivity index (χ3v) is 6.23. The summed E-state index contributed by atoms with van der Waals surface area (Å²) in [6, 6.07) is 4.83. The number of aliphatic hydroxyl groups excluding tert-OH is 1. The van der Waals surface area contributed by atoms with Crippen LogP contribution in [0.2, 0.25) is 0 Å². The van der Waals surface area contributed by atoms with Gasteiger partial charge in [0.1, 0.15) is 0 Å². The van der Waals surface area contributed by atoms with E-state index in [4.69, 9.17) is 0 Å². The Morgan fingerprint density at radius 2 is 1.81 bits per heavy atom. The minimum Gasteiger partial charge on any atom is -0.513 e. The van der Waals surface area contributed by atoms with Crippen molar-refractivity contribution >= 4 is 0 Å². The van der Waals surface area contributed by atoms with E-state index in [-0.39, 0.29) is 30.2 Å². The lowest BCUT2D eigenvalue weighted by Gasteiger charge is -2.43. The van der Waals surface area contributed by atoms with E-state index in [0.717, 1.165) is 12.1 Å². The van der Waals surface area contributed by atoms with Crippen molar-refractivity contribution in [3.63, 3.8) is 0 Å². The van der Waals surface area contributed by atoms with Crippen LogP contribution in [0.15, 0.2) is 36.6 Å². The molecule has 0 saturated heterocycles. The van der Waals surface area contributed by atoms with Crippen molar-refractivity contribution in [3.8, 4) is 0 Å². The van der Waals surface area contributed by atoms with E-state index in [0.29, 0.717) is 50.1 Å². The summed E-state index contributed by atoms with van der Waals surface area (Å²) >= 11 is 0. The molecule has 1 fully saturated rings. The van der Waals surface area contributed by atoms with Crippen LogP contribution in [0.5, 0.6) is 0 Å². The van der Waals surface area contributed by atoms with Crippen molar-refractivity contribution < 1.29 is 31.4 Å². The quantitative estimate of drug-likeness (QED) is 0.298. The van der Waals surface area contributed by atoms with Gasteiger partial charge in [-0.05, 0) is 61.6 Å². The Morgan fingerprint density at radius 1 is 1.12 bits per heavy atom. The zero-order valence-corrected chi connectivity index (χ0v) is 18.6. The largest absolute Gasteiger partial charge is 0.513 e. The van der Waals surface area contributed by atoms with Crippen LogP contribution < -0.4 is 0 Å². The van der Waals surface area contributed by atoms with Crippen LogP contribution in [-0.2, 0) is 6.18 Å². The molecule has 0 aliphatic heterocycles. The molecule has 32 heavy (non-hydrogen) atoms. The first-order valence-corrected chi connectivity index (χ1v) is 11.1. The molecule has 8 heteroatoms. The Bertz CT molecular complexity index is 743. The highest BCUT2D eigenvalue weighted by atomic mass is 19.4. The molecular formula is C24H33F6NO. The van der Waals surface area contributed by atoms with Crippen molar-refractivity contribution in [1.82, 2.24) is 4.90 Å². The average Bonchev–Trinajstić information content (AvgIpc) is 2.66. The molecule has 0 radical (unpaired) electrons. The molecule has 1 N–H and O–H groups in total. The van der Waals surface area contributed by atoms with Crippen LogP contribution in [0, 0.1) is 11.8 Å². The highest BCUT2D eigenvalue weighted by Crippen LogP contribution is 2.43. The average molecular weight is 466 g/mol. The van der Waals surface area contributed by atoms with Gasteiger partial charge in [-0.2, -0.15) is 26.3 Å². The number of allylic oxidation sites excluding steroid dienone is 1. The van der Waals surface area contributed by atoms with E-state index in [9.17, 15) is 31.4 Å². The normalized spacial score (nSPS) is 22.5. The van der Waals surface area contributed by atoms with Gasteiger partial charge < -0.3 is 5.11 Å². The minimum absolute atomic E-state index is 0.0185. The van der Waals surface area contributed by atoms with E-state index in [1.165, 1.54) is 6.07 Å². The molecule has 1 aromatic rings. The van der Waals surface area contributed by atoms with Gasteiger partial charge in [0, 0.05) is 19.0 Å². The molecule has 2 nitrogen and oxygen atoms in total. The second kappa shape index (κ2) is 10.9. The lowest BCUT2D eigenvalue weighted by Crippen LogP contribution is -2.45. The first kappa shape index (κ1) is 26.6. The number of aliphatic hydroxyl groups is 1. The number of alkyl halides is 6. The summed E-state index contributed by atoms with van der Waals surface area (Å²) in [6.45, 7) is 7.81. The maximum absolute atomic E-state index is 13.3. The Balaban J connectivity index is 2.37. The monoisotopic (exact) mass is 465 g/mol. The van der Waals surface area contributed by atoms with E-state index in [2.05, 4.69) is 6.58 Å². The van der Waals surface area contributed by atoms with Gasteiger partial charge in [-0.3, -0.25) is 4.90 Å². The van der Waals surface area contributed by atoms with Crippen molar-refractivity contribution in [3.05, 3.63) is 47.7 Å². The van der Waals surface area contributed by atoms with Gasteiger partial charge >= 0.3 is 12.4 Å². The molecule has 0 aromatic heterocycles. The summed E-state index contributed by atoms with van der Waals surface area (Å²) in [6.07, 6.45) is -6.94. The molecule has 0 spiro atoms. The predicted octanol–water partition coefficient (Wildman–Crippen LogP) is 7.72. The van der Waals surface area contributed by atoms with Crippen molar-refractivity contribution in [2.75, 3.05) is 13.1 Å². The van der Waals surface area contributed by atoms with Gasteiger partial charge in [0.05, 0.1) is 17.7 Å².